The van der Waals surface area contributed by atoms with E-state index in [-0.39, 0.29) is 0 Å². The number of nitrogens with zero attached hydrogens (tertiary/aromatic N) is 1. The predicted molar refractivity (Wildman–Crippen MR) is 63.8 cm³/mol. The molecule has 0 saturated heterocycles. The topological polar surface area (TPSA) is 24.9 Å². The van der Waals surface area contributed by atoms with Gasteiger partial charge in [0.2, 0.25) is 0 Å². The zero-order valence-corrected chi connectivity index (χ0v) is 9.20. The molecule has 0 amide bonds. The third-order valence-electron chi connectivity index (χ3n) is 2.62. The Bertz CT molecular complexity index is 451. The standard InChI is InChI=1S/C13H16N2/c1-3-14-10(2)12-8-11-6-4-5-7-13(11)15-9-12/h4-10,14H,3H2,1-2H3. The van der Waals surface area contributed by atoms with Crippen LogP contribution in [0.1, 0.15) is 25.5 Å². The molecule has 0 saturated carbocycles. The molecule has 2 nitrogen and oxygen atoms in total. The SMILES string of the molecule is CCNC(C)c1cnc2ccccc2c1. The molecule has 1 N–H and O–H groups in total. The number of pyridine rings is 1. The number of para-hydroxylation sites is 1. The zero-order chi connectivity index (χ0) is 10.7. The fourth-order valence-electron chi connectivity index (χ4n) is 1.75. The Morgan fingerprint density at radius 2 is 2.13 bits per heavy atom. The molecule has 2 rings (SSSR count). The van der Waals surface area contributed by atoms with Crippen LogP contribution in [0.4, 0.5) is 0 Å². The van der Waals surface area contributed by atoms with E-state index in [9.17, 15) is 0 Å². The Hall–Kier alpha value is -1.41. The van der Waals surface area contributed by atoms with Crippen molar-refractivity contribution in [3.63, 3.8) is 0 Å². The molecule has 1 heterocycles. The number of benzene rings is 1. The van der Waals surface area contributed by atoms with Crippen LogP contribution < -0.4 is 5.32 Å². The maximum Gasteiger partial charge on any atom is 0.0702 e. The normalized spacial score (nSPS) is 12.9. The number of hydrogen-bond donors (Lipinski definition) is 1. The molecular weight excluding hydrogens is 184 g/mol. The molecule has 2 heteroatoms. The van der Waals surface area contributed by atoms with Crippen molar-refractivity contribution >= 4 is 10.9 Å². The van der Waals surface area contributed by atoms with Gasteiger partial charge in [0.25, 0.3) is 0 Å². The van der Waals surface area contributed by atoms with Crippen molar-refractivity contribution in [2.24, 2.45) is 0 Å². The van der Waals surface area contributed by atoms with Crippen molar-refractivity contribution in [1.29, 1.82) is 0 Å². The van der Waals surface area contributed by atoms with E-state index in [1.165, 1.54) is 10.9 Å². The first-order valence-electron chi connectivity index (χ1n) is 5.39. The lowest BCUT2D eigenvalue weighted by Crippen LogP contribution is -2.17. The molecule has 1 atom stereocenters. The van der Waals surface area contributed by atoms with Crippen molar-refractivity contribution in [3.8, 4) is 0 Å². The van der Waals surface area contributed by atoms with Gasteiger partial charge in [-0.3, -0.25) is 4.98 Å². The second kappa shape index (κ2) is 4.41. The van der Waals surface area contributed by atoms with E-state index >= 15 is 0 Å². The van der Waals surface area contributed by atoms with E-state index in [1.54, 1.807) is 0 Å². The maximum absolute atomic E-state index is 4.44. The smallest absolute Gasteiger partial charge is 0.0702 e. The van der Waals surface area contributed by atoms with Crippen LogP contribution in [0.25, 0.3) is 10.9 Å². The minimum Gasteiger partial charge on any atom is -0.310 e. The van der Waals surface area contributed by atoms with Crippen LogP contribution in [-0.4, -0.2) is 11.5 Å². The van der Waals surface area contributed by atoms with Crippen LogP contribution in [0.2, 0.25) is 0 Å². The van der Waals surface area contributed by atoms with Gasteiger partial charge in [-0.05, 0) is 31.2 Å². The quantitative estimate of drug-likeness (QED) is 0.824. The van der Waals surface area contributed by atoms with E-state index in [0.717, 1.165) is 12.1 Å². The number of aromatic nitrogens is 1. The molecule has 0 radical (unpaired) electrons. The highest BCUT2D eigenvalue weighted by Gasteiger charge is 2.04. The van der Waals surface area contributed by atoms with Crippen LogP contribution in [-0.2, 0) is 0 Å². The van der Waals surface area contributed by atoms with Gasteiger partial charge >= 0.3 is 0 Å². The minimum atomic E-state index is 0.368. The highest BCUT2D eigenvalue weighted by atomic mass is 14.9. The van der Waals surface area contributed by atoms with Crippen LogP contribution in [0.5, 0.6) is 0 Å². The first kappa shape index (κ1) is 10.1. The Balaban J connectivity index is 2.38. The van der Waals surface area contributed by atoms with Gasteiger partial charge < -0.3 is 5.32 Å². The Morgan fingerprint density at radius 1 is 1.33 bits per heavy atom. The summed E-state index contributed by atoms with van der Waals surface area (Å²) < 4.78 is 0. The summed E-state index contributed by atoms with van der Waals surface area (Å²) in [5.74, 6) is 0. The number of hydrogen-bond acceptors (Lipinski definition) is 2. The second-order valence-corrected chi connectivity index (χ2v) is 3.74. The number of nitrogens with one attached hydrogen (secondary N) is 1. The molecule has 0 aliphatic heterocycles. The lowest BCUT2D eigenvalue weighted by atomic mass is 10.1. The van der Waals surface area contributed by atoms with Gasteiger partial charge in [-0.1, -0.05) is 25.1 Å². The van der Waals surface area contributed by atoms with Crippen molar-refractivity contribution in [3.05, 3.63) is 42.1 Å². The lowest BCUT2D eigenvalue weighted by Gasteiger charge is -2.12. The molecule has 2 aromatic rings. The predicted octanol–water partition coefficient (Wildman–Crippen LogP) is 2.91. The van der Waals surface area contributed by atoms with E-state index in [4.69, 9.17) is 0 Å². The largest absolute Gasteiger partial charge is 0.310 e. The summed E-state index contributed by atoms with van der Waals surface area (Å²) in [4.78, 5) is 4.44. The monoisotopic (exact) mass is 200 g/mol. The zero-order valence-electron chi connectivity index (χ0n) is 9.20. The molecule has 1 aromatic carbocycles. The molecule has 0 fully saturated rings. The minimum absolute atomic E-state index is 0.368. The van der Waals surface area contributed by atoms with Gasteiger partial charge in [0, 0.05) is 17.6 Å². The Kier molecular flexibility index (Phi) is 2.97. The fourth-order valence-corrected chi connectivity index (χ4v) is 1.75. The molecule has 1 unspecified atom stereocenters. The van der Waals surface area contributed by atoms with Gasteiger partial charge in [0.05, 0.1) is 5.52 Å². The first-order valence-corrected chi connectivity index (χ1v) is 5.39. The summed E-state index contributed by atoms with van der Waals surface area (Å²) in [5.41, 5.74) is 2.31. The van der Waals surface area contributed by atoms with Gasteiger partial charge in [-0.15, -0.1) is 0 Å². The van der Waals surface area contributed by atoms with Crippen molar-refractivity contribution < 1.29 is 0 Å². The lowest BCUT2D eigenvalue weighted by molar-refractivity contribution is 0.597. The first-order chi connectivity index (χ1) is 7.31. The fraction of sp³-hybridized carbons (Fsp3) is 0.308. The molecule has 78 valence electrons. The summed E-state index contributed by atoms with van der Waals surface area (Å²) >= 11 is 0. The highest BCUT2D eigenvalue weighted by Crippen LogP contribution is 2.17. The Labute approximate surface area is 90.3 Å². The van der Waals surface area contributed by atoms with E-state index in [0.29, 0.717) is 6.04 Å². The third kappa shape index (κ3) is 2.16. The van der Waals surface area contributed by atoms with Crippen LogP contribution in [0, 0.1) is 0 Å². The van der Waals surface area contributed by atoms with Crippen molar-refractivity contribution in [2.45, 2.75) is 19.9 Å². The summed E-state index contributed by atoms with van der Waals surface area (Å²) in [6.45, 7) is 5.26. The molecule has 0 aliphatic carbocycles. The van der Waals surface area contributed by atoms with E-state index < -0.39 is 0 Å². The maximum atomic E-state index is 4.44. The summed E-state index contributed by atoms with van der Waals surface area (Å²) in [5, 5.41) is 4.59. The number of fused-ring (bicyclic) bond motifs is 1. The van der Waals surface area contributed by atoms with Gasteiger partial charge in [-0.2, -0.15) is 0 Å². The average molecular weight is 200 g/mol. The molecule has 0 spiro atoms. The molecule has 15 heavy (non-hydrogen) atoms. The molecule has 0 bridgehead atoms. The van der Waals surface area contributed by atoms with Crippen LogP contribution in [0.15, 0.2) is 36.5 Å². The van der Waals surface area contributed by atoms with Gasteiger partial charge in [0.15, 0.2) is 0 Å². The third-order valence-corrected chi connectivity index (χ3v) is 2.62. The summed E-state index contributed by atoms with van der Waals surface area (Å²) in [7, 11) is 0. The van der Waals surface area contributed by atoms with Gasteiger partial charge in [0.1, 0.15) is 0 Å². The van der Waals surface area contributed by atoms with Crippen molar-refractivity contribution in [2.75, 3.05) is 6.54 Å². The van der Waals surface area contributed by atoms with E-state index in [2.05, 4.69) is 36.3 Å². The molecule has 1 aromatic heterocycles. The van der Waals surface area contributed by atoms with Gasteiger partial charge in [-0.25, -0.2) is 0 Å². The molecule has 0 aliphatic rings. The Morgan fingerprint density at radius 3 is 2.93 bits per heavy atom. The van der Waals surface area contributed by atoms with Crippen LogP contribution in [0.3, 0.4) is 0 Å². The molecular formula is C13H16N2. The second-order valence-electron chi connectivity index (χ2n) is 3.74. The van der Waals surface area contributed by atoms with E-state index in [1.807, 2.05) is 24.4 Å². The highest BCUT2D eigenvalue weighted by molar-refractivity contribution is 5.78. The summed E-state index contributed by atoms with van der Waals surface area (Å²) in [6, 6.07) is 10.8. The number of rotatable bonds is 3. The average Bonchev–Trinajstić information content (AvgIpc) is 2.29. The summed E-state index contributed by atoms with van der Waals surface area (Å²) in [6.07, 6.45) is 1.95. The van der Waals surface area contributed by atoms with Crippen molar-refractivity contribution in [1.82, 2.24) is 10.3 Å². The van der Waals surface area contributed by atoms with Crippen LogP contribution >= 0.6 is 0 Å².